The number of carbonyl (C=O) groups is 2. The van der Waals surface area contributed by atoms with E-state index in [1.54, 1.807) is 19.2 Å². The second-order valence-corrected chi connectivity index (χ2v) is 10.0. The Morgan fingerprint density at radius 3 is 2.68 bits per heavy atom. The van der Waals surface area contributed by atoms with Crippen molar-refractivity contribution in [3.63, 3.8) is 0 Å². The molecule has 7 heteroatoms. The molecule has 0 bridgehead atoms. The van der Waals surface area contributed by atoms with Crippen LogP contribution in [0.25, 0.3) is 0 Å². The molecule has 3 aliphatic rings. The first-order valence-corrected chi connectivity index (χ1v) is 11.9. The van der Waals surface area contributed by atoms with Gasteiger partial charge in [-0.1, -0.05) is 19.1 Å². The summed E-state index contributed by atoms with van der Waals surface area (Å²) >= 11 is 0. The molecule has 6 atom stereocenters. The molecule has 3 saturated carbocycles. The van der Waals surface area contributed by atoms with Crippen LogP contribution in [0, 0.1) is 29.5 Å². The van der Waals surface area contributed by atoms with Crippen molar-refractivity contribution in [2.45, 2.75) is 37.8 Å². The van der Waals surface area contributed by atoms with E-state index in [1.807, 2.05) is 0 Å². The molecule has 1 amide bonds. The van der Waals surface area contributed by atoms with Gasteiger partial charge >= 0.3 is 0 Å². The SMILES string of the molecule is COCCOc1cc(C(=O)c2ccccc2F)ccc1C(=O)N[C@@H]1C(C)C[C@]2(O)CC3CC1C32. The summed E-state index contributed by atoms with van der Waals surface area (Å²) in [6, 6.07) is 10.4. The minimum Gasteiger partial charge on any atom is -0.490 e. The van der Waals surface area contributed by atoms with E-state index in [-0.39, 0.29) is 53.2 Å². The number of nitrogens with one attached hydrogen (secondary N) is 1. The summed E-state index contributed by atoms with van der Waals surface area (Å²) in [5.74, 6) is 0.219. The van der Waals surface area contributed by atoms with Crippen molar-refractivity contribution in [3.8, 4) is 5.75 Å². The fraction of sp³-hybridized carbons (Fsp3) is 0.481. The van der Waals surface area contributed by atoms with E-state index in [2.05, 4.69) is 12.2 Å². The molecule has 3 aliphatic carbocycles. The van der Waals surface area contributed by atoms with E-state index in [0.717, 1.165) is 12.8 Å². The Labute approximate surface area is 198 Å². The Kier molecular flexibility index (Phi) is 5.94. The van der Waals surface area contributed by atoms with Crippen LogP contribution in [0.2, 0.25) is 0 Å². The number of methoxy groups -OCH3 is 1. The van der Waals surface area contributed by atoms with Crippen LogP contribution in [-0.4, -0.2) is 48.8 Å². The molecular formula is C27H30FNO5. The van der Waals surface area contributed by atoms with E-state index in [9.17, 15) is 19.1 Å². The predicted octanol–water partition coefficient (Wildman–Crippen LogP) is 3.61. The number of amides is 1. The van der Waals surface area contributed by atoms with Gasteiger partial charge in [0, 0.05) is 18.7 Å². The monoisotopic (exact) mass is 467 g/mol. The minimum absolute atomic E-state index is 0.0131. The van der Waals surface area contributed by atoms with Gasteiger partial charge in [0.1, 0.15) is 18.2 Å². The normalized spacial score (nSPS) is 31.0. The number of aliphatic hydroxyl groups is 1. The molecule has 0 saturated heterocycles. The van der Waals surface area contributed by atoms with Gasteiger partial charge in [-0.15, -0.1) is 0 Å². The van der Waals surface area contributed by atoms with Crippen LogP contribution in [0.4, 0.5) is 4.39 Å². The van der Waals surface area contributed by atoms with Gasteiger partial charge in [0.15, 0.2) is 5.78 Å². The fourth-order valence-electron chi connectivity index (χ4n) is 6.45. The van der Waals surface area contributed by atoms with Crippen LogP contribution in [-0.2, 0) is 4.74 Å². The fourth-order valence-corrected chi connectivity index (χ4v) is 6.45. The van der Waals surface area contributed by atoms with Crippen molar-refractivity contribution in [1.29, 1.82) is 0 Å². The maximum absolute atomic E-state index is 14.2. The Bertz CT molecular complexity index is 1120. The zero-order valence-electron chi connectivity index (χ0n) is 19.4. The average molecular weight is 468 g/mol. The van der Waals surface area contributed by atoms with Crippen molar-refractivity contribution in [2.75, 3.05) is 20.3 Å². The van der Waals surface area contributed by atoms with Gasteiger partial charge in [-0.3, -0.25) is 9.59 Å². The summed E-state index contributed by atoms with van der Waals surface area (Å²) in [6.45, 7) is 2.60. The van der Waals surface area contributed by atoms with Crippen molar-refractivity contribution in [3.05, 3.63) is 65.0 Å². The third-order valence-electron chi connectivity index (χ3n) is 7.98. The summed E-state index contributed by atoms with van der Waals surface area (Å²) < 4.78 is 25.0. The molecular weight excluding hydrogens is 437 g/mol. The first kappa shape index (κ1) is 23.0. The van der Waals surface area contributed by atoms with Gasteiger partial charge < -0.3 is 19.9 Å². The predicted molar refractivity (Wildman–Crippen MR) is 123 cm³/mol. The van der Waals surface area contributed by atoms with E-state index >= 15 is 0 Å². The molecule has 4 unspecified atom stereocenters. The van der Waals surface area contributed by atoms with E-state index in [0.29, 0.717) is 24.5 Å². The van der Waals surface area contributed by atoms with Crippen LogP contribution in [0.3, 0.4) is 0 Å². The Balaban J connectivity index is 1.38. The largest absolute Gasteiger partial charge is 0.490 e. The molecule has 180 valence electrons. The van der Waals surface area contributed by atoms with Crippen LogP contribution >= 0.6 is 0 Å². The van der Waals surface area contributed by atoms with Gasteiger partial charge in [0.05, 0.1) is 23.3 Å². The number of halogens is 1. The van der Waals surface area contributed by atoms with E-state index in [4.69, 9.17) is 9.47 Å². The lowest BCUT2D eigenvalue weighted by Gasteiger charge is -2.69. The number of carbonyl (C=O) groups excluding carboxylic acids is 2. The van der Waals surface area contributed by atoms with Crippen LogP contribution in [0.15, 0.2) is 42.5 Å². The Hall–Kier alpha value is -2.77. The number of hydrogen-bond donors (Lipinski definition) is 2. The highest BCUT2D eigenvalue weighted by Gasteiger charge is 2.67. The number of rotatable bonds is 8. The lowest BCUT2D eigenvalue weighted by Crippen LogP contribution is -2.73. The second kappa shape index (κ2) is 8.78. The van der Waals surface area contributed by atoms with Gasteiger partial charge in [-0.2, -0.15) is 0 Å². The minimum atomic E-state index is -0.600. The molecule has 5 rings (SSSR count). The summed E-state index contributed by atoms with van der Waals surface area (Å²) in [4.78, 5) is 26.2. The molecule has 2 aromatic rings. The summed E-state index contributed by atoms with van der Waals surface area (Å²) in [7, 11) is 1.55. The van der Waals surface area contributed by atoms with Crippen molar-refractivity contribution in [2.24, 2.45) is 23.7 Å². The van der Waals surface area contributed by atoms with E-state index < -0.39 is 17.2 Å². The molecule has 0 aromatic heterocycles. The van der Waals surface area contributed by atoms with Gasteiger partial charge in [-0.25, -0.2) is 4.39 Å². The number of ketones is 1. The summed E-state index contributed by atoms with van der Waals surface area (Å²) in [5, 5.41) is 14.0. The molecule has 34 heavy (non-hydrogen) atoms. The first-order valence-electron chi connectivity index (χ1n) is 11.9. The lowest BCUT2D eigenvalue weighted by molar-refractivity contribution is -0.260. The van der Waals surface area contributed by atoms with Crippen molar-refractivity contribution < 1.29 is 28.6 Å². The van der Waals surface area contributed by atoms with Gasteiger partial charge in [0.2, 0.25) is 0 Å². The Morgan fingerprint density at radius 2 is 1.94 bits per heavy atom. The zero-order chi connectivity index (χ0) is 24.0. The van der Waals surface area contributed by atoms with Crippen LogP contribution in [0.5, 0.6) is 5.75 Å². The Morgan fingerprint density at radius 1 is 1.15 bits per heavy atom. The maximum atomic E-state index is 14.2. The molecule has 0 radical (unpaired) electrons. The standard InChI is InChI=1S/C27H30FNO5/c1-15-13-27(32)14-17-11-20(23(17)27)24(15)29-26(31)19-8-7-16(12-22(19)34-10-9-33-2)25(30)18-5-3-4-6-21(18)28/h3-8,12,15,17,20,23-24,32H,9-11,13-14H2,1-2H3,(H,29,31)/t15?,17?,20?,23?,24-,27+/m1/s1. The smallest absolute Gasteiger partial charge is 0.255 e. The third-order valence-corrected chi connectivity index (χ3v) is 7.98. The average Bonchev–Trinajstić information content (AvgIpc) is 2.79. The summed E-state index contributed by atoms with van der Waals surface area (Å²) in [5.41, 5.74) is -0.0385. The van der Waals surface area contributed by atoms with Crippen LogP contribution in [0.1, 0.15) is 52.5 Å². The molecule has 2 aromatic carbocycles. The first-order chi connectivity index (χ1) is 16.3. The van der Waals surface area contributed by atoms with Crippen molar-refractivity contribution >= 4 is 11.7 Å². The topological polar surface area (TPSA) is 84.9 Å². The lowest BCUT2D eigenvalue weighted by atomic mass is 9.39. The summed E-state index contributed by atoms with van der Waals surface area (Å²) in [6.07, 6.45) is 2.62. The highest BCUT2D eigenvalue weighted by Crippen LogP contribution is 2.66. The molecule has 0 spiro atoms. The van der Waals surface area contributed by atoms with Gasteiger partial charge in [-0.05, 0) is 73.3 Å². The maximum Gasteiger partial charge on any atom is 0.255 e. The zero-order valence-corrected chi connectivity index (χ0v) is 19.4. The molecule has 0 heterocycles. The third kappa shape index (κ3) is 3.81. The van der Waals surface area contributed by atoms with Gasteiger partial charge in [0.25, 0.3) is 5.91 Å². The highest BCUT2D eigenvalue weighted by molar-refractivity contribution is 6.10. The van der Waals surface area contributed by atoms with E-state index in [1.165, 1.54) is 30.3 Å². The molecule has 6 nitrogen and oxygen atoms in total. The molecule has 2 N–H and O–H groups in total. The number of ether oxygens (including phenoxy) is 2. The molecule has 3 fully saturated rings. The highest BCUT2D eigenvalue weighted by atomic mass is 19.1. The molecule has 0 aliphatic heterocycles. The van der Waals surface area contributed by atoms with Crippen molar-refractivity contribution in [1.82, 2.24) is 5.32 Å². The number of hydrogen-bond acceptors (Lipinski definition) is 5. The van der Waals surface area contributed by atoms with Crippen LogP contribution < -0.4 is 10.1 Å². The number of benzene rings is 2. The second-order valence-electron chi connectivity index (χ2n) is 10.0. The quantitative estimate of drug-likeness (QED) is 0.458.